The molecule has 3 aromatic rings. The summed E-state index contributed by atoms with van der Waals surface area (Å²) in [5.74, 6) is 0.346. The van der Waals surface area contributed by atoms with Gasteiger partial charge in [-0.2, -0.15) is 4.57 Å². The molecule has 6 heteroatoms. The van der Waals surface area contributed by atoms with Crippen LogP contribution in [0.15, 0.2) is 60.9 Å². The summed E-state index contributed by atoms with van der Waals surface area (Å²) < 4.78 is 7.17. The van der Waals surface area contributed by atoms with Crippen molar-refractivity contribution in [1.29, 1.82) is 0 Å². The number of carbonyl (C=O) groups is 2. The summed E-state index contributed by atoms with van der Waals surface area (Å²) in [6.07, 6.45) is 3.85. The van der Waals surface area contributed by atoms with E-state index in [-0.39, 0.29) is 37.2 Å². The van der Waals surface area contributed by atoms with Gasteiger partial charge in [0.1, 0.15) is 5.75 Å². The Labute approximate surface area is 150 Å². The lowest BCUT2D eigenvalue weighted by molar-refractivity contribution is -0.681. The highest BCUT2D eigenvalue weighted by Crippen LogP contribution is 2.28. The molecule has 0 unspecified atom stereocenters. The highest BCUT2D eigenvalue weighted by Gasteiger charge is 2.19. The first-order valence-electron chi connectivity index (χ1n) is 7.67. The lowest BCUT2D eigenvalue weighted by atomic mass is 10.1. The Bertz CT molecular complexity index is 972. The summed E-state index contributed by atoms with van der Waals surface area (Å²) in [5.41, 5.74) is 1.08. The summed E-state index contributed by atoms with van der Waals surface area (Å²) in [6, 6.07) is 15.1. The van der Waals surface area contributed by atoms with E-state index in [1.54, 1.807) is 18.2 Å². The third-order valence-electron chi connectivity index (χ3n) is 4.01. The van der Waals surface area contributed by atoms with E-state index < -0.39 is 0 Å². The molecule has 1 N–H and O–H groups in total. The number of pyridine rings is 1. The quantitative estimate of drug-likeness (QED) is 0.502. The van der Waals surface area contributed by atoms with Crippen LogP contribution in [0, 0.1) is 0 Å². The van der Waals surface area contributed by atoms with Crippen molar-refractivity contribution in [2.45, 2.75) is 6.54 Å². The topological polar surface area (TPSA) is 59.3 Å². The molecule has 0 fully saturated rings. The second-order valence-corrected chi connectivity index (χ2v) is 5.72. The van der Waals surface area contributed by atoms with Gasteiger partial charge in [0.2, 0.25) is 12.3 Å². The minimum Gasteiger partial charge on any atom is -1.00 e. The second-order valence-electron chi connectivity index (χ2n) is 5.72. The van der Waals surface area contributed by atoms with Gasteiger partial charge in [0.15, 0.2) is 19.0 Å². The molecular formula is C19H15ClN2O3. The molecule has 0 saturated heterocycles. The fourth-order valence-electron chi connectivity index (χ4n) is 2.79. The zero-order chi connectivity index (χ0) is 16.5. The van der Waals surface area contributed by atoms with Crippen molar-refractivity contribution in [3.05, 3.63) is 66.5 Å². The molecule has 2 heterocycles. The predicted octanol–water partition coefficient (Wildman–Crippen LogP) is -0.655. The predicted molar refractivity (Wildman–Crippen MR) is 89.0 cm³/mol. The highest BCUT2D eigenvalue weighted by atomic mass is 35.5. The summed E-state index contributed by atoms with van der Waals surface area (Å²) >= 11 is 0. The van der Waals surface area contributed by atoms with Crippen LogP contribution < -0.4 is 27.0 Å². The normalized spacial score (nSPS) is 12.6. The summed E-state index contributed by atoms with van der Waals surface area (Å²) in [6.45, 7) is 0.242. The molecule has 0 bridgehead atoms. The molecule has 2 aromatic carbocycles. The van der Waals surface area contributed by atoms with Gasteiger partial charge in [-0.15, -0.1) is 0 Å². The van der Waals surface area contributed by atoms with E-state index in [0.29, 0.717) is 17.0 Å². The number of halogens is 1. The molecular weight excluding hydrogens is 340 g/mol. The molecule has 4 rings (SSSR count). The molecule has 1 amide bonds. The Kier molecular flexibility index (Phi) is 4.67. The van der Waals surface area contributed by atoms with Crippen LogP contribution >= 0.6 is 0 Å². The first-order valence-corrected chi connectivity index (χ1v) is 7.67. The molecule has 0 radical (unpaired) electrons. The van der Waals surface area contributed by atoms with E-state index in [0.717, 1.165) is 10.8 Å². The van der Waals surface area contributed by atoms with E-state index in [4.69, 9.17) is 4.74 Å². The van der Waals surface area contributed by atoms with Gasteiger partial charge in [-0.25, -0.2) is 0 Å². The zero-order valence-electron chi connectivity index (χ0n) is 13.2. The molecule has 0 spiro atoms. The van der Waals surface area contributed by atoms with Crippen LogP contribution in [-0.4, -0.2) is 18.3 Å². The van der Waals surface area contributed by atoms with Crippen LogP contribution in [0.2, 0.25) is 0 Å². The Morgan fingerprint density at radius 1 is 1.12 bits per heavy atom. The van der Waals surface area contributed by atoms with Gasteiger partial charge in [0, 0.05) is 17.0 Å². The molecule has 5 nitrogen and oxygen atoms in total. The number of hydrogen-bond acceptors (Lipinski definition) is 3. The Morgan fingerprint density at radius 3 is 2.76 bits per heavy atom. The Hall–Kier alpha value is -2.92. The van der Waals surface area contributed by atoms with E-state index in [1.807, 2.05) is 47.3 Å². The maximum Gasteiger partial charge on any atom is 0.262 e. The lowest BCUT2D eigenvalue weighted by Gasteiger charge is -2.18. The number of rotatable bonds is 3. The second kappa shape index (κ2) is 6.91. The SMILES string of the molecule is O=C1COc2ccc(C(=O)C[n+]3ccc4ccccc4c3)cc2N1.[Cl-]. The average Bonchev–Trinajstić information content (AvgIpc) is 2.61. The van der Waals surface area contributed by atoms with Crippen LogP contribution in [0.5, 0.6) is 5.75 Å². The first-order chi connectivity index (χ1) is 11.7. The standard InChI is InChI=1S/C19H14N2O3.ClH/c22-17(11-21-8-7-13-3-1-2-4-15(13)10-21)14-5-6-18-16(9-14)20-19(23)12-24-18;/h1-10H,11-12H2;1H. The number of fused-ring (bicyclic) bond motifs is 2. The van der Waals surface area contributed by atoms with Gasteiger partial charge in [0.25, 0.3) is 5.91 Å². The Balaban J connectivity index is 0.00000182. The maximum atomic E-state index is 12.5. The minimum atomic E-state index is -0.212. The van der Waals surface area contributed by atoms with Crippen LogP contribution in [0.1, 0.15) is 10.4 Å². The molecule has 1 aliphatic heterocycles. The van der Waals surface area contributed by atoms with Crippen molar-refractivity contribution in [3.63, 3.8) is 0 Å². The van der Waals surface area contributed by atoms with Gasteiger partial charge < -0.3 is 22.5 Å². The number of amides is 1. The number of hydrogen-bond donors (Lipinski definition) is 1. The van der Waals surface area contributed by atoms with Crippen LogP contribution in [0.4, 0.5) is 5.69 Å². The zero-order valence-corrected chi connectivity index (χ0v) is 14.0. The maximum absolute atomic E-state index is 12.5. The van der Waals surface area contributed by atoms with Gasteiger partial charge in [-0.1, -0.05) is 18.2 Å². The largest absolute Gasteiger partial charge is 1.00 e. The van der Waals surface area contributed by atoms with Gasteiger partial charge >= 0.3 is 0 Å². The summed E-state index contributed by atoms with van der Waals surface area (Å²) in [5, 5.41) is 4.94. The third-order valence-corrected chi connectivity index (χ3v) is 4.01. The number of ether oxygens (including phenoxy) is 1. The fraction of sp³-hybridized carbons (Fsp3) is 0.105. The van der Waals surface area contributed by atoms with Crippen molar-refractivity contribution < 1.29 is 31.3 Å². The molecule has 1 aromatic heterocycles. The van der Waals surface area contributed by atoms with Crippen LogP contribution in [0.25, 0.3) is 10.8 Å². The number of nitrogens with one attached hydrogen (secondary N) is 1. The summed E-state index contributed by atoms with van der Waals surface area (Å²) in [7, 11) is 0. The molecule has 0 atom stereocenters. The number of benzene rings is 2. The van der Waals surface area contributed by atoms with Gasteiger partial charge in [-0.05, 0) is 29.7 Å². The first kappa shape index (κ1) is 16.9. The van der Waals surface area contributed by atoms with Crippen LogP contribution in [0.3, 0.4) is 0 Å². The minimum absolute atomic E-state index is 0. The molecule has 25 heavy (non-hydrogen) atoms. The van der Waals surface area contributed by atoms with Gasteiger partial charge in [0.05, 0.1) is 5.69 Å². The smallest absolute Gasteiger partial charge is 0.262 e. The fourth-order valence-corrected chi connectivity index (χ4v) is 2.79. The number of carbonyl (C=O) groups excluding carboxylic acids is 2. The van der Waals surface area contributed by atoms with Crippen molar-refractivity contribution in [1.82, 2.24) is 0 Å². The van der Waals surface area contributed by atoms with E-state index in [9.17, 15) is 9.59 Å². The summed E-state index contributed by atoms with van der Waals surface area (Å²) in [4.78, 5) is 23.9. The third kappa shape index (κ3) is 3.46. The molecule has 0 aliphatic carbocycles. The van der Waals surface area contributed by atoms with Crippen molar-refractivity contribution in [3.8, 4) is 5.75 Å². The molecule has 1 aliphatic rings. The number of anilines is 1. The monoisotopic (exact) mass is 354 g/mol. The van der Waals surface area contributed by atoms with Crippen LogP contribution in [-0.2, 0) is 11.3 Å². The van der Waals surface area contributed by atoms with Gasteiger partial charge in [-0.3, -0.25) is 9.59 Å². The average molecular weight is 355 g/mol. The number of nitrogens with zero attached hydrogens (tertiary/aromatic N) is 1. The van der Waals surface area contributed by atoms with Crippen molar-refractivity contribution in [2.75, 3.05) is 11.9 Å². The number of aromatic nitrogens is 1. The van der Waals surface area contributed by atoms with Crippen molar-refractivity contribution in [2.24, 2.45) is 0 Å². The number of ketones is 1. The van der Waals surface area contributed by atoms with E-state index >= 15 is 0 Å². The van der Waals surface area contributed by atoms with E-state index in [1.165, 1.54) is 0 Å². The number of Topliss-reactive ketones (excluding diaryl/α,β-unsaturated/α-hetero) is 1. The highest BCUT2D eigenvalue weighted by molar-refractivity contribution is 6.00. The Morgan fingerprint density at radius 2 is 1.92 bits per heavy atom. The molecule has 0 saturated carbocycles. The molecule has 126 valence electrons. The lowest BCUT2D eigenvalue weighted by Crippen LogP contribution is -3.00. The van der Waals surface area contributed by atoms with E-state index in [2.05, 4.69) is 5.32 Å². The van der Waals surface area contributed by atoms with Crippen molar-refractivity contribution >= 4 is 28.2 Å².